The van der Waals surface area contributed by atoms with Crippen LogP contribution in [0.1, 0.15) is 80.5 Å². The molecule has 3 aliphatic carbocycles. The Bertz CT molecular complexity index is 8750. The number of aromatic nitrogens is 9. The van der Waals surface area contributed by atoms with Gasteiger partial charge in [0.15, 0.2) is 63.8 Å². The molecule has 0 amide bonds. The average molecular weight is 1830 g/mol. The molecule has 0 spiro atoms. The number of hydrogen-bond acceptors (Lipinski definition) is 10. The first-order valence-corrected chi connectivity index (χ1v) is 48.0. The Labute approximate surface area is 831 Å². The maximum absolute atomic E-state index is 10.0. The van der Waals surface area contributed by atoms with Gasteiger partial charge < -0.3 is 0 Å². The molecule has 3 aromatic heterocycles. The van der Waals surface area contributed by atoms with Crippen molar-refractivity contribution in [3.05, 3.63) is 499 Å². The van der Waals surface area contributed by atoms with Crippen molar-refractivity contribution in [2.45, 2.75) is 57.8 Å². The second-order valence-corrected chi connectivity index (χ2v) is 38.0. The first kappa shape index (κ1) is 88.2. The standard InChI is InChI=1S/C49H34N4.C45H30N4.C37H26N4/c1-49(2)42-26-25-36(31-41(42)45-43(49)23-14-24-44(45)50-3)35-21-13-22-37(27-35)47-51-46(34-19-11-6-12-20-34)52-48(53-47)40-29-38(32-15-7-4-8-16-32)28-39(30-40)33-17-9-5-10-18-33;1-45(2)38-23-22-33(27-37(38)41-39(45)16-9-17-40(41)46-3)32-14-8-15-34(26-32)42-47-43(35-20-18-28-10-4-6-12-30(28)24-35)49-44(48-42)36-21-19-29-11-5-7-13-31(29)25-36;1-37(2)30-20-10-18-28(23-38)32(30)33-29(19-11-21-31(33)37)26-16-9-17-27(22-26)36-40-34(24-12-5-3-6-13-24)39-35(41-36)25-14-7-4-8-15-25/h4-31H,1-2H3;4-27H,1-2H3;3-22H,1-2H3. The summed E-state index contributed by atoms with van der Waals surface area (Å²) in [5.74, 6) is 5.59. The van der Waals surface area contributed by atoms with Gasteiger partial charge in [-0.25, -0.2) is 54.5 Å². The largest absolute Gasteiger partial charge is 0.238 e. The van der Waals surface area contributed by atoms with Crippen molar-refractivity contribution >= 4 is 32.9 Å². The average Bonchev–Trinajstić information content (AvgIpc) is 1.44. The number of benzene rings is 19. The van der Waals surface area contributed by atoms with Crippen molar-refractivity contribution < 1.29 is 0 Å². The molecule has 0 saturated heterocycles. The molecule has 0 N–H and O–H groups in total. The molecule has 674 valence electrons. The fourth-order valence-electron chi connectivity index (χ4n) is 20.8. The fourth-order valence-corrected chi connectivity index (χ4v) is 20.8. The van der Waals surface area contributed by atoms with Crippen LogP contribution < -0.4 is 0 Å². The highest BCUT2D eigenvalue weighted by atomic mass is 15.1. The first-order chi connectivity index (χ1) is 70.0. The van der Waals surface area contributed by atoms with Crippen LogP contribution in [0.3, 0.4) is 0 Å². The summed E-state index contributed by atoms with van der Waals surface area (Å²) in [6, 6.07) is 153. The summed E-state index contributed by atoms with van der Waals surface area (Å²) in [5, 5.41) is 14.6. The van der Waals surface area contributed by atoms with E-state index in [1.807, 2.05) is 146 Å². The van der Waals surface area contributed by atoms with Crippen LogP contribution in [0.25, 0.3) is 223 Å². The molecule has 0 unspecified atom stereocenters. The highest BCUT2D eigenvalue weighted by Gasteiger charge is 2.41. The summed E-state index contributed by atoms with van der Waals surface area (Å²) in [6.45, 7) is 29.2. The second-order valence-electron chi connectivity index (χ2n) is 38.0. The van der Waals surface area contributed by atoms with Gasteiger partial charge in [-0.1, -0.05) is 412 Å². The molecule has 0 saturated carbocycles. The van der Waals surface area contributed by atoms with Gasteiger partial charge in [-0.15, -0.1) is 0 Å². The summed E-state index contributed by atoms with van der Waals surface area (Å²) < 4.78 is 0. The van der Waals surface area contributed by atoms with Gasteiger partial charge in [0.25, 0.3) is 0 Å². The third-order valence-electron chi connectivity index (χ3n) is 28.2. The molecule has 22 aromatic rings. The molecule has 0 bridgehead atoms. The minimum atomic E-state index is -0.200. The Kier molecular flexibility index (Phi) is 22.6. The lowest BCUT2D eigenvalue weighted by atomic mass is 9.82. The lowest BCUT2D eigenvalue weighted by molar-refractivity contribution is 0.660. The van der Waals surface area contributed by atoms with Crippen LogP contribution in [0, 0.1) is 24.5 Å². The van der Waals surface area contributed by atoms with Crippen molar-refractivity contribution in [3.8, 4) is 198 Å². The van der Waals surface area contributed by atoms with Gasteiger partial charge in [-0.3, -0.25) is 0 Å². The summed E-state index contributed by atoms with van der Waals surface area (Å²) in [5.41, 5.74) is 34.5. The first-order valence-electron chi connectivity index (χ1n) is 48.0. The van der Waals surface area contributed by atoms with Crippen molar-refractivity contribution in [1.82, 2.24) is 44.9 Å². The molecular formula is C131H90N12. The Balaban J connectivity index is 0.000000120. The van der Waals surface area contributed by atoms with Crippen LogP contribution in [0.5, 0.6) is 0 Å². The molecule has 12 nitrogen and oxygen atoms in total. The SMILES string of the molecule is CC1(C)c2cccc(C#N)c2-c2c(-c3cccc(-c4nc(-c5ccccc5)nc(-c5ccccc5)n4)c3)cccc21.[C-]#[N+]c1cccc2c1-c1cc(-c3cccc(-c4nc(-c5ccc6ccccc6c5)nc(-c5ccc6ccccc6c5)n4)c3)ccc1C2(C)C.[C-]#[N+]c1cccc2c1-c1cc(-c3cccc(-c4nc(-c5ccccc5)nc(-c5cc(-c6ccccc6)cc(-c6ccccc6)c5)n4)c3)ccc1C2(C)C. The van der Waals surface area contributed by atoms with Gasteiger partial charge >= 0.3 is 0 Å². The molecule has 0 radical (unpaired) electrons. The van der Waals surface area contributed by atoms with E-state index in [4.69, 9.17) is 58.0 Å². The van der Waals surface area contributed by atoms with E-state index in [2.05, 4.69) is 348 Å². The van der Waals surface area contributed by atoms with Crippen molar-refractivity contribution in [1.29, 1.82) is 5.26 Å². The van der Waals surface area contributed by atoms with E-state index in [0.29, 0.717) is 69.4 Å². The summed E-state index contributed by atoms with van der Waals surface area (Å²) >= 11 is 0. The van der Waals surface area contributed by atoms with Crippen molar-refractivity contribution in [3.63, 3.8) is 0 Å². The van der Waals surface area contributed by atoms with Gasteiger partial charge in [0.05, 0.1) is 24.8 Å². The van der Waals surface area contributed by atoms with Gasteiger partial charge in [0.2, 0.25) is 0 Å². The van der Waals surface area contributed by atoms with E-state index in [0.717, 1.165) is 150 Å². The van der Waals surface area contributed by atoms with Gasteiger partial charge in [0.1, 0.15) is 0 Å². The number of nitriles is 1. The van der Waals surface area contributed by atoms with E-state index in [9.17, 15) is 5.26 Å². The normalized spacial score (nSPS) is 12.7. The van der Waals surface area contributed by atoms with Gasteiger partial charge in [0, 0.05) is 71.9 Å². The smallest absolute Gasteiger partial charge is 0.195 e. The highest BCUT2D eigenvalue weighted by molar-refractivity contribution is 5.98. The van der Waals surface area contributed by atoms with E-state index in [1.54, 1.807) is 0 Å². The van der Waals surface area contributed by atoms with E-state index in [1.165, 1.54) is 44.2 Å². The lowest BCUT2D eigenvalue weighted by Gasteiger charge is -2.21. The molecule has 0 aliphatic heterocycles. The zero-order chi connectivity index (χ0) is 97.0. The molecule has 0 fully saturated rings. The van der Waals surface area contributed by atoms with Gasteiger partial charge in [-0.2, -0.15) is 5.26 Å². The Morgan fingerprint density at radius 2 is 0.455 bits per heavy atom. The van der Waals surface area contributed by atoms with E-state index >= 15 is 0 Å². The third kappa shape index (κ3) is 16.5. The number of hydrogen-bond donors (Lipinski definition) is 0. The molecule has 19 aromatic carbocycles. The predicted octanol–water partition coefficient (Wildman–Crippen LogP) is 33.2. The quantitative estimate of drug-likeness (QED) is 0.0963. The Hall–Kier alpha value is -18.8. The molecule has 3 heterocycles. The Morgan fingerprint density at radius 3 is 0.846 bits per heavy atom. The third-order valence-corrected chi connectivity index (χ3v) is 28.2. The summed E-state index contributed by atoms with van der Waals surface area (Å²) in [7, 11) is 0. The minimum absolute atomic E-state index is 0.172. The van der Waals surface area contributed by atoms with Crippen molar-refractivity contribution in [2.75, 3.05) is 0 Å². The molecule has 3 aliphatic rings. The summed E-state index contributed by atoms with van der Waals surface area (Å²) in [6.07, 6.45) is 0. The van der Waals surface area contributed by atoms with Crippen LogP contribution in [-0.2, 0) is 16.2 Å². The molecule has 0 atom stereocenters. The van der Waals surface area contributed by atoms with E-state index < -0.39 is 0 Å². The molecule has 12 heteroatoms. The van der Waals surface area contributed by atoms with E-state index in [-0.39, 0.29) is 16.2 Å². The molecular weight excluding hydrogens is 1740 g/mol. The van der Waals surface area contributed by atoms with Gasteiger partial charge in [-0.05, 0) is 205 Å². The molecule has 25 rings (SSSR count). The van der Waals surface area contributed by atoms with Crippen LogP contribution in [0.4, 0.5) is 11.4 Å². The predicted molar refractivity (Wildman–Crippen MR) is 581 cm³/mol. The minimum Gasteiger partial charge on any atom is -0.238 e. The highest BCUT2D eigenvalue weighted by Crippen LogP contribution is 2.57. The number of nitrogens with zero attached hydrogens (tertiary/aromatic N) is 12. The summed E-state index contributed by atoms with van der Waals surface area (Å²) in [4.78, 5) is 53.0. The number of rotatable bonds is 14. The topological polar surface area (TPSA) is 149 Å². The van der Waals surface area contributed by atoms with Crippen molar-refractivity contribution in [2.24, 2.45) is 0 Å². The second kappa shape index (κ2) is 36.6. The van der Waals surface area contributed by atoms with Crippen LogP contribution in [0.2, 0.25) is 0 Å². The zero-order valence-electron chi connectivity index (χ0n) is 79.4. The lowest BCUT2D eigenvalue weighted by Crippen LogP contribution is -2.14. The van der Waals surface area contributed by atoms with Crippen LogP contribution >= 0.6 is 0 Å². The van der Waals surface area contributed by atoms with Crippen LogP contribution in [-0.4, -0.2) is 44.9 Å². The van der Waals surface area contributed by atoms with Crippen LogP contribution in [0.15, 0.2) is 437 Å². The molecule has 143 heavy (non-hydrogen) atoms. The zero-order valence-corrected chi connectivity index (χ0v) is 79.4. The number of fused-ring (bicyclic) bond motifs is 11. The maximum atomic E-state index is 10.0. The maximum Gasteiger partial charge on any atom is 0.195 e. The fraction of sp³-hybridized carbons (Fsp3) is 0.0687. The monoisotopic (exact) mass is 1830 g/mol. The Morgan fingerprint density at radius 1 is 0.189 bits per heavy atom.